The molecule has 0 heterocycles. The maximum absolute atomic E-state index is 3.66. The molecule has 0 aliphatic carbocycles. The van der Waals surface area contributed by atoms with Gasteiger partial charge in [0.2, 0.25) is 0 Å². The quantitative estimate of drug-likeness (QED) is 0.758. The Kier molecular flexibility index (Phi) is 6.99. The van der Waals surface area contributed by atoms with Crippen LogP contribution in [0.15, 0.2) is 30.3 Å². The van der Waals surface area contributed by atoms with Crippen LogP contribution in [0, 0.1) is 0 Å². The Balaban J connectivity index is 2.72. The van der Waals surface area contributed by atoms with Crippen LogP contribution in [-0.2, 0) is 0 Å². The third-order valence-corrected chi connectivity index (χ3v) is 3.40. The molecule has 1 atom stereocenters. The minimum absolute atomic E-state index is 0.438. The highest BCUT2D eigenvalue weighted by Gasteiger charge is 2.16. The fourth-order valence-corrected chi connectivity index (χ4v) is 2.23. The predicted molar refractivity (Wildman–Crippen MR) is 79.9 cm³/mol. The van der Waals surface area contributed by atoms with Crippen molar-refractivity contribution in [1.29, 1.82) is 0 Å². The van der Waals surface area contributed by atoms with Crippen LogP contribution in [-0.4, -0.2) is 30.6 Å². The van der Waals surface area contributed by atoms with Gasteiger partial charge in [0.05, 0.1) is 0 Å². The summed E-state index contributed by atoms with van der Waals surface area (Å²) < 4.78 is 0. The molecule has 1 aromatic carbocycles. The van der Waals surface area contributed by atoms with Gasteiger partial charge in [-0.2, -0.15) is 0 Å². The number of rotatable bonds is 8. The van der Waals surface area contributed by atoms with E-state index in [1.54, 1.807) is 0 Å². The second-order valence-corrected chi connectivity index (χ2v) is 5.10. The number of nitrogens with zero attached hydrogens (tertiary/aromatic N) is 1. The molecule has 0 spiro atoms. The van der Waals surface area contributed by atoms with Gasteiger partial charge < -0.3 is 5.32 Å². The van der Waals surface area contributed by atoms with Gasteiger partial charge in [0.25, 0.3) is 0 Å². The summed E-state index contributed by atoms with van der Waals surface area (Å²) in [4.78, 5) is 2.51. The lowest BCUT2D eigenvalue weighted by Gasteiger charge is -2.30. The largest absolute Gasteiger partial charge is 0.309 e. The minimum Gasteiger partial charge on any atom is -0.309 e. The zero-order valence-corrected chi connectivity index (χ0v) is 12.3. The molecule has 0 radical (unpaired) electrons. The van der Waals surface area contributed by atoms with Gasteiger partial charge >= 0.3 is 0 Å². The lowest BCUT2D eigenvalue weighted by molar-refractivity contribution is 0.207. The van der Waals surface area contributed by atoms with Crippen molar-refractivity contribution in [3.63, 3.8) is 0 Å². The molecule has 1 N–H and O–H groups in total. The average Bonchev–Trinajstić information content (AvgIpc) is 2.39. The van der Waals surface area contributed by atoms with E-state index in [4.69, 9.17) is 0 Å². The molecule has 0 aliphatic heterocycles. The third-order valence-electron chi connectivity index (χ3n) is 3.40. The molecule has 0 aromatic heterocycles. The van der Waals surface area contributed by atoms with Crippen LogP contribution >= 0.6 is 0 Å². The van der Waals surface area contributed by atoms with Crippen molar-refractivity contribution in [2.45, 2.75) is 46.2 Å². The van der Waals surface area contributed by atoms with Crippen molar-refractivity contribution in [3.05, 3.63) is 35.9 Å². The zero-order chi connectivity index (χ0) is 13.4. The maximum atomic E-state index is 3.66. The van der Waals surface area contributed by atoms with Crippen LogP contribution in [0.5, 0.6) is 0 Å². The van der Waals surface area contributed by atoms with E-state index in [1.165, 1.54) is 12.0 Å². The molecule has 102 valence electrons. The highest BCUT2D eigenvalue weighted by Crippen LogP contribution is 2.15. The Labute approximate surface area is 112 Å². The predicted octanol–water partition coefficient (Wildman–Crippen LogP) is 3.46. The van der Waals surface area contributed by atoms with E-state index in [-0.39, 0.29) is 0 Å². The Bertz CT molecular complexity index is 308. The van der Waals surface area contributed by atoms with E-state index in [2.05, 4.69) is 68.2 Å². The molecule has 0 saturated heterocycles. The summed E-state index contributed by atoms with van der Waals surface area (Å²) in [6, 6.07) is 11.8. The summed E-state index contributed by atoms with van der Waals surface area (Å²) in [6.45, 7) is 12.3. The molecule has 0 aliphatic rings. The standard InChI is InChI=1S/C16H28N2/c1-5-12-17-16(13-18(6-2)14(3)4)15-10-8-7-9-11-15/h7-11,14,16-17H,5-6,12-13H2,1-4H3. The molecule has 18 heavy (non-hydrogen) atoms. The van der Waals surface area contributed by atoms with Gasteiger partial charge in [0.1, 0.15) is 0 Å². The third kappa shape index (κ3) is 4.79. The van der Waals surface area contributed by atoms with Crippen molar-refractivity contribution in [2.75, 3.05) is 19.6 Å². The molecule has 1 rings (SSSR count). The van der Waals surface area contributed by atoms with Crippen molar-refractivity contribution in [3.8, 4) is 0 Å². The first-order chi connectivity index (χ1) is 8.69. The van der Waals surface area contributed by atoms with Crippen LogP contribution in [0.25, 0.3) is 0 Å². The van der Waals surface area contributed by atoms with Crippen LogP contribution in [0.2, 0.25) is 0 Å². The Morgan fingerprint density at radius 2 is 1.78 bits per heavy atom. The summed E-state index contributed by atoms with van der Waals surface area (Å²) in [6.07, 6.45) is 1.18. The first-order valence-electron chi connectivity index (χ1n) is 7.21. The van der Waals surface area contributed by atoms with Gasteiger partial charge in [-0.15, -0.1) is 0 Å². The fourth-order valence-electron chi connectivity index (χ4n) is 2.23. The van der Waals surface area contributed by atoms with Crippen molar-refractivity contribution >= 4 is 0 Å². The number of hydrogen-bond acceptors (Lipinski definition) is 2. The van der Waals surface area contributed by atoms with E-state index in [0.717, 1.165) is 19.6 Å². The summed E-state index contributed by atoms with van der Waals surface area (Å²) in [5.41, 5.74) is 1.39. The topological polar surface area (TPSA) is 15.3 Å². The normalized spacial score (nSPS) is 13.2. The molecule has 0 bridgehead atoms. The molecule has 2 heteroatoms. The SMILES string of the molecule is CCCNC(CN(CC)C(C)C)c1ccccc1. The summed E-state index contributed by atoms with van der Waals surface area (Å²) in [5.74, 6) is 0. The lowest BCUT2D eigenvalue weighted by atomic mass is 10.1. The molecular formula is C16H28N2. The number of benzene rings is 1. The van der Waals surface area contributed by atoms with E-state index in [9.17, 15) is 0 Å². The van der Waals surface area contributed by atoms with Gasteiger partial charge in [0.15, 0.2) is 0 Å². The summed E-state index contributed by atoms with van der Waals surface area (Å²) in [5, 5.41) is 3.66. The summed E-state index contributed by atoms with van der Waals surface area (Å²) in [7, 11) is 0. The lowest BCUT2D eigenvalue weighted by Crippen LogP contribution is -2.39. The fraction of sp³-hybridized carbons (Fsp3) is 0.625. The molecule has 0 fully saturated rings. The summed E-state index contributed by atoms with van der Waals surface area (Å²) >= 11 is 0. The van der Waals surface area contributed by atoms with E-state index in [0.29, 0.717) is 12.1 Å². The Hall–Kier alpha value is -0.860. The van der Waals surface area contributed by atoms with Crippen LogP contribution in [0.1, 0.15) is 45.7 Å². The van der Waals surface area contributed by atoms with E-state index < -0.39 is 0 Å². The molecule has 1 unspecified atom stereocenters. The van der Waals surface area contributed by atoms with Gasteiger partial charge in [-0.25, -0.2) is 0 Å². The second-order valence-electron chi connectivity index (χ2n) is 5.10. The number of nitrogens with one attached hydrogen (secondary N) is 1. The zero-order valence-electron chi connectivity index (χ0n) is 12.3. The van der Waals surface area contributed by atoms with Gasteiger partial charge in [0, 0.05) is 18.6 Å². The van der Waals surface area contributed by atoms with Crippen LogP contribution in [0.4, 0.5) is 0 Å². The molecule has 0 saturated carbocycles. The first-order valence-corrected chi connectivity index (χ1v) is 7.21. The molecular weight excluding hydrogens is 220 g/mol. The van der Waals surface area contributed by atoms with Crippen molar-refractivity contribution < 1.29 is 0 Å². The number of hydrogen-bond donors (Lipinski definition) is 1. The smallest absolute Gasteiger partial charge is 0.0449 e. The van der Waals surface area contributed by atoms with Crippen molar-refractivity contribution in [2.24, 2.45) is 0 Å². The molecule has 0 amide bonds. The van der Waals surface area contributed by atoms with Crippen LogP contribution < -0.4 is 5.32 Å². The highest BCUT2D eigenvalue weighted by atomic mass is 15.2. The molecule has 2 nitrogen and oxygen atoms in total. The highest BCUT2D eigenvalue weighted by molar-refractivity contribution is 5.19. The second kappa shape index (κ2) is 8.28. The van der Waals surface area contributed by atoms with E-state index in [1.807, 2.05) is 0 Å². The maximum Gasteiger partial charge on any atom is 0.0449 e. The van der Waals surface area contributed by atoms with Gasteiger partial charge in [-0.3, -0.25) is 4.90 Å². The average molecular weight is 248 g/mol. The van der Waals surface area contributed by atoms with E-state index >= 15 is 0 Å². The van der Waals surface area contributed by atoms with Crippen LogP contribution in [0.3, 0.4) is 0 Å². The van der Waals surface area contributed by atoms with Crippen molar-refractivity contribution in [1.82, 2.24) is 10.2 Å². The first kappa shape index (κ1) is 15.2. The number of likely N-dealkylation sites (N-methyl/N-ethyl adjacent to an activating group) is 1. The Morgan fingerprint density at radius 1 is 1.11 bits per heavy atom. The Morgan fingerprint density at radius 3 is 2.28 bits per heavy atom. The van der Waals surface area contributed by atoms with Gasteiger partial charge in [-0.05, 0) is 38.9 Å². The monoisotopic (exact) mass is 248 g/mol. The molecule has 1 aromatic rings. The minimum atomic E-state index is 0.438. The van der Waals surface area contributed by atoms with Gasteiger partial charge in [-0.1, -0.05) is 44.2 Å².